The summed E-state index contributed by atoms with van der Waals surface area (Å²) >= 11 is 1.36. The van der Waals surface area contributed by atoms with Gasteiger partial charge in [0.2, 0.25) is 5.41 Å². The lowest BCUT2D eigenvalue weighted by atomic mass is 9.81. The van der Waals surface area contributed by atoms with E-state index in [1.54, 1.807) is 12.1 Å². The third kappa shape index (κ3) is 2.66. The minimum atomic E-state index is -1.82. The molecule has 6 heteroatoms. The van der Waals surface area contributed by atoms with Crippen molar-refractivity contribution in [2.45, 2.75) is 42.8 Å². The second-order valence-electron chi connectivity index (χ2n) is 7.39. The highest BCUT2D eigenvalue weighted by molar-refractivity contribution is 7.99. The minimum absolute atomic E-state index is 0.552. The molecule has 2 atom stereocenters. The summed E-state index contributed by atoms with van der Waals surface area (Å²) in [5.41, 5.74) is 0.577. The summed E-state index contributed by atoms with van der Waals surface area (Å²) in [5.74, 6) is -2.86. The van der Waals surface area contributed by atoms with Gasteiger partial charge in [-0.3, -0.25) is 9.59 Å². The summed E-state index contributed by atoms with van der Waals surface area (Å²) < 4.78 is 10.8. The number of benzene rings is 2. The van der Waals surface area contributed by atoms with Crippen LogP contribution in [-0.2, 0) is 19.1 Å². The van der Waals surface area contributed by atoms with E-state index in [1.807, 2.05) is 43.3 Å². The molecule has 1 aliphatic carbocycles. The highest BCUT2D eigenvalue weighted by Crippen LogP contribution is 2.63. The number of carbonyl (C=O) groups excluding carboxylic acids is 2. The van der Waals surface area contributed by atoms with Gasteiger partial charge in [-0.05, 0) is 30.2 Å². The molecule has 1 fully saturated rings. The van der Waals surface area contributed by atoms with Gasteiger partial charge in [0.15, 0.2) is 0 Å². The normalized spacial score (nSPS) is 25.0. The molecule has 2 aliphatic rings. The highest BCUT2D eigenvalue weighted by Gasteiger charge is 2.69. The molecule has 0 amide bonds. The van der Waals surface area contributed by atoms with Gasteiger partial charge in [-0.1, -0.05) is 42.0 Å². The number of aryl methyl sites for hydroxylation is 1. The van der Waals surface area contributed by atoms with Crippen molar-refractivity contribution in [3.05, 3.63) is 65.2 Å². The van der Waals surface area contributed by atoms with Gasteiger partial charge in [-0.15, -0.1) is 11.8 Å². The zero-order valence-corrected chi connectivity index (χ0v) is 16.1. The Morgan fingerprint density at radius 2 is 1.48 bits per heavy atom. The van der Waals surface area contributed by atoms with E-state index in [0.717, 1.165) is 16.0 Å². The summed E-state index contributed by atoms with van der Waals surface area (Å²) in [6.07, 6.45) is -1.33. The van der Waals surface area contributed by atoms with Crippen LogP contribution >= 0.6 is 11.8 Å². The van der Waals surface area contributed by atoms with Crippen molar-refractivity contribution in [1.82, 2.24) is 0 Å². The van der Waals surface area contributed by atoms with E-state index < -0.39 is 34.5 Å². The average molecular weight is 384 g/mol. The summed E-state index contributed by atoms with van der Waals surface area (Å²) in [5, 5.41) is 10.4. The number of aliphatic hydroxyl groups excluding tert-OH is 1. The number of cyclic esters (lactones) is 2. The number of fused-ring (bicyclic) bond motifs is 1. The predicted molar refractivity (Wildman–Crippen MR) is 99.9 cm³/mol. The van der Waals surface area contributed by atoms with Gasteiger partial charge in [0, 0.05) is 18.7 Å². The molecule has 0 radical (unpaired) electrons. The first-order valence-corrected chi connectivity index (χ1v) is 9.61. The fourth-order valence-electron chi connectivity index (χ4n) is 3.70. The van der Waals surface area contributed by atoms with Crippen LogP contribution in [0.25, 0.3) is 0 Å². The molecule has 0 aromatic heterocycles. The molecule has 4 rings (SSSR count). The smallest absolute Gasteiger partial charge is 0.331 e. The fraction of sp³-hybridized carbons (Fsp3) is 0.333. The van der Waals surface area contributed by atoms with E-state index in [1.165, 1.54) is 25.6 Å². The first kappa shape index (κ1) is 18.1. The van der Waals surface area contributed by atoms with E-state index in [9.17, 15) is 14.7 Å². The number of ether oxygens (including phenoxy) is 2. The molecule has 1 spiro atoms. The molecule has 2 aromatic carbocycles. The SMILES string of the molecule is Cc1ccc(S[C@H]2c3ccccc3[C@@H](O)C23C(=O)OC(C)(C)OC3=O)cc1. The number of thioether (sulfide) groups is 1. The van der Waals surface area contributed by atoms with Crippen LogP contribution in [-0.4, -0.2) is 22.8 Å². The van der Waals surface area contributed by atoms with Gasteiger partial charge in [-0.2, -0.15) is 0 Å². The Balaban J connectivity index is 1.85. The molecule has 1 heterocycles. The zero-order chi connectivity index (χ0) is 19.4. The standard InChI is InChI=1S/C21H20O5S/c1-12-8-10-13(11-9-12)27-17-15-7-5-4-6-14(15)16(22)21(17)18(23)25-20(2,3)26-19(21)24/h4-11,16-17,22H,1-3H3/t16-,17+/m1/s1. The molecule has 1 N–H and O–H groups in total. The van der Waals surface area contributed by atoms with Crippen molar-refractivity contribution < 1.29 is 24.2 Å². The van der Waals surface area contributed by atoms with Gasteiger partial charge in [0.05, 0.1) is 5.25 Å². The van der Waals surface area contributed by atoms with Crippen molar-refractivity contribution in [2.24, 2.45) is 5.41 Å². The first-order valence-electron chi connectivity index (χ1n) is 8.73. The van der Waals surface area contributed by atoms with Crippen LogP contribution in [0.1, 0.15) is 41.9 Å². The van der Waals surface area contributed by atoms with E-state index in [0.29, 0.717) is 5.56 Å². The molecule has 27 heavy (non-hydrogen) atoms. The maximum Gasteiger partial charge on any atom is 0.331 e. The van der Waals surface area contributed by atoms with Crippen LogP contribution < -0.4 is 0 Å². The van der Waals surface area contributed by atoms with E-state index in [2.05, 4.69) is 0 Å². The lowest BCUT2D eigenvalue weighted by Crippen LogP contribution is -2.56. The Morgan fingerprint density at radius 3 is 2.07 bits per heavy atom. The number of hydrogen-bond donors (Lipinski definition) is 1. The first-order chi connectivity index (χ1) is 12.8. The Bertz CT molecular complexity index is 898. The van der Waals surface area contributed by atoms with Crippen molar-refractivity contribution in [3.63, 3.8) is 0 Å². The monoisotopic (exact) mass is 384 g/mol. The summed E-state index contributed by atoms with van der Waals surface area (Å²) in [6.45, 7) is 5.00. The largest absolute Gasteiger partial charge is 0.422 e. The number of rotatable bonds is 2. The fourth-order valence-corrected chi connectivity index (χ4v) is 5.11. The van der Waals surface area contributed by atoms with E-state index in [-0.39, 0.29) is 0 Å². The summed E-state index contributed by atoms with van der Waals surface area (Å²) in [6, 6.07) is 15.0. The van der Waals surface area contributed by atoms with Crippen molar-refractivity contribution in [1.29, 1.82) is 0 Å². The van der Waals surface area contributed by atoms with Gasteiger partial charge in [0.25, 0.3) is 5.79 Å². The predicted octanol–water partition coefficient (Wildman–Crippen LogP) is 3.70. The minimum Gasteiger partial charge on any atom is -0.422 e. The molecule has 0 saturated carbocycles. The molecule has 0 bridgehead atoms. The van der Waals surface area contributed by atoms with Crippen molar-refractivity contribution in [2.75, 3.05) is 0 Å². The Morgan fingerprint density at radius 1 is 0.926 bits per heavy atom. The summed E-state index contributed by atoms with van der Waals surface area (Å²) in [4.78, 5) is 27.1. The third-order valence-electron chi connectivity index (χ3n) is 5.05. The average Bonchev–Trinajstić information content (AvgIpc) is 2.85. The van der Waals surface area contributed by atoms with Crippen LogP contribution in [0, 0.1) is 12.3 Å². The van der Waals surface area contributed by atoms with Crippen LogP contribution in [0.2, 0.25) is 0 Å². The van der Waals surface area contributed by atoms with Crippen molar-refractivity contribution >= 4 is 23.7 Å². The Kier molecular flexibility index (Phi) is 4.09. The number of hydrogen-bond acceptors (Lipinski definition) is 6. The van der Waals surface area contributed by atoms with Gasteiger partial charge in [-0.25, -0.2) is 0 Å². The molecular weight excluding hydrogens is 364 g/mol. The maximum absolute atomic E-state index is 13.1. The maximum atomic E-state index is 13.1. The van der Waals surface area contributed by atoms with Crippen molar-refractivity contribution in [3.8, 4) is 0 Å². The second-order valence-corrected chi connectivity index (χ2v) is 8.57. The number of aliphatic hydroxyl groups is 1. The van der Waals surface area contributed by atoms with Crippen LogP contribution in [0.15, 0.2) is 53.4 Å². The molecule has 1 saturated heterocycles. The Hall–Kier alpha value is -2.31. The third-order valence-corrected chi connectivity index (χ3v) is 6.45. The molecule has 2 aromatic rings. The molecular formula is C21H20O5S. The topological polar surface area (TPSA) is 72.8 Å². The highest BCUT2D eigenvalue weighted by atomic mass is 32.2. The molecule has 5 nitrogen and oxygen atoms in total. The van der Waals surface area contributed by atoms with E-state index >= 15 is 0 Å². The number of carbonyl (C=O) groups is 2. The molecule has 140 valence electrons. The molecule has 1 aliphatic heterocycles. The lowest BCUT2D eigenvalue weighted by molar-refractivity contribution is -0.257. The van der Waals surface area contributed by atoms with Gasteiger partial charge in [0.1, 0.15) is 6.10 Å². The second kappa shape index (κ2) is 6.11. The summed E-state index contributed by atoms with van der Waals surface area (Å²) in [7, 11) is 0. The van der Waals surface area contributed by atoms with Gasteiger partial charge < -0.3 is 14.6 Å². The molecule has 0 unspecified atom stereocenters. The number of esters is 2. The quantitative estimate of drug-likeness (QED) is 0.629. The van der Waals surface area contributed by atoms with Crippen LogP contribution in [0.3, 0.4) is 0 Å². The van der Waals surface area contributed by atoms with Crippen LogP contribution in [0.5, 0.6) is 0 Å². The van der Waals surface area contributed by atoms with Crippen LogP contribution in [0.4, 0.5) is 0 Å². The zero-order valence-electron chi connectivity index (χ0n) is 15.3. The van der Waals surface area contributed by atoms with Gasteiger partial charge >= 0.3 is 11.9 Å². The van der Waals surface area contributed by atoms with E-state index in [4.69, 9.17) is 9.47 Å². The lowest BCUT2D eigenvalue weighted by Gasteiger charge is -2.42. The Labute approximate surface area is 161 Å².